The Balaban J connectivity index is 1.29. The first-order chi connectivity index (χ1) is 14.1. The van der Waals surface area contributed by atoms with Gasteiger partial charge in [0.2, 0.25) is 5.91 Å². The van der Waals surface area contributed by atoms with Crippen molar-refractivity contribution >= 4 is 28.8 Å². The fourth-order valence-electron chi connectivity index (χ4n) is 4.15. The first-order valence-electron chi connectivity index (χ1n) is 9.69. The van der Waals surface area contributed by atoms with Crippen molar-refractivity contribution in [1.29, 1.82) is 0 Å². The largest absolute Gasteiger partial charge is 0.340 e. The number of H-pyrrole nitrogens is 1. The number of hydrogen-bond acceptors (Lipinski definition) is 5. The van der Waals surface area contributed by atoms with Gasteiger partial charge in [-0.1, -0.05) is 12.1 Å². The summed E-state index contributed by atoms with van der Waals surface area (Å²) in [5.74, 6) is -0.130. The maximum absolute atomic E-state index is 12.9. The molecule has 146 valence electrons. The Labute approximate surface area is 166 Å². The predicted molar refractivity (Wildman–Crippen MR) is 104 cm³/mol. The van der Waals surface area contributed by atoms with Gasteiger partial charge in [-0.25, -0.2) is 4.98 Å². The number of amides is 3. The minimum absolute atomic E-state index is 0.0518. The number of imide groups is 1. The Hall–Kier alpha value is -3.55. The Morgan fingerprint density at radius 1 is 1.14 bits per heavy atom. The molecule has 0 bridgehead atoms. The lowest BCUT2D eigenvalue weighted by molar-refractivity contribution is -0.132. The van der Waals surface area contributed by atoms with Gasteiger partial charge in [-0.05, 0) is 37.1 Å². The molecule has 0 radical (unpaired) electrons. The lowest BCUT2D eigenvalue weighted by atomic mass is 10.2. The van der Waals surface area contributed by atoms with Crippen LogP contribution in [0.25, 0.3) is 11.0 Å². The van der Waals surface area contributed by atoms with Crippen molar-refractivity contribution < 1.29 is 14.4 Å². The van der Waals surface area contributed by atoms with Crippen LogP contribution in [0.4, 0.5) is 0 Å². The van der Waals surface area contributed by atoms with Gasteiger partial charge in [0.1, 0.15) is 11.5 Å². The quantitative estimate of drug-likeness (QED) is 0.691. The molecule has 1 atom stereocenters. The molecule has 5 rings (SSSR count). The molecule has 0 saturated carbocycles. The summed E-state index contributed by atoms with van der Waals surface area (Å²) in [4.78, 5) is 52.7. The number of aromatic nitrogens is 3. The third-order valence-corrected chi connectivity index (χ3v) is 5.58. The van der Waals surface area contributed by atoms with Gasteiger partial charge in [0.05, 0.1) is 22.6 Å². The van der Waals surface area contributed by atoms with Crippen molar-refractivity contribution in [1.82, 2.24) is 24.8 Å². The van der Waals surface area contributed by atoms with Gasteiger partial charge in [-0.15, -0.1) is 0 Å². The van der Waals surface area contributed by atoms with Gasteiger partial charge in [-0.3, -0.25) is 24.3 Å². The molecule has 3 amide bonds. The van der Waals surface area contributed by atoms with Crippen LogP contribution in [0.15, 0.2) is 42.6 Å². The highest BCUT2D eigenvalue weighted by Gasteiger charge is 2.38. The number of imidazole rings is 1. The van der Waals surface area contributed by atoms with E-state index >= 15 is 0 Å². The summed E-state index contributed by atoms with van der Waals surface area (Å²) in [6, 6.07) is 10.9. The summed E-state index contributed by atoms with van der Waals surface area (Å²) in [5.41, 5.74) is 2.28. The molecule has 2 aliphatic rings. The SMILES string of the molecule is O=C1c2cccnc2C(=O)N1CCC(=O)N1CCC[C@H]1c1nc2ccccc2[nH]1. The Morgan fingerprint density at radius 2 is 2.00 bits per heavy atom. The molecule has 2 aliphatic heterocycles. The van der Waals surface area contributed by atoms with Crippen LogP contribution < -0.4 is 0 Å². The summed E-state index contributed by atoms with van der Waals surface area (Å²) >= 11 is 0. The molecule has 0 unspecified atom stereocenters. The smallest absolute Gasteiger partial charge is 0.280 e. The van der Waals surface area contributed by atoms with E-state index in [-0.39, 0.29) is 36.5 Å². The van der Waals surface area contributed by atoms with Crippen molar-refractivity contribution in [2.45, 2.75) is 25.3 Å². The molecule has 29 heavy (non-hydrogen) atoms. The Kier molecular flexibility index (Phi) is 4.12. The van der Waals surface area contributed by atoms with E-state index < -0.39 is 5.91 Å². The van der Waals surface area contributed by atoms with Crippen LogP contribution in [0.3, 0.4) is 0 Å². The van der Waals surface area contributed by atoms with Crippen LogP contribution in [0.2, 0.25) is 0 Å². The lowest BCUT2D eigenvalue weighted by Gasteiger charge is -2.24. The second kappa shape index (κ2) is 6.80. The van der Waals surface area contributed by atoms with Gasteiger partial charge in [0, 0.05) is 25.7 Å². The zero-order valence-electron chi connectivity index (χ0n) is 15.7. The van der Waals surface area contributed by atoms with Crippen LogP contribution in [0.5, 0.6) is 0 Å². The summed E-state index contributed by atoms with van der Waals surface area (Å²) in [7, 11) is 0. The lowest BCUT2D eigenvalue weighted by Crippen LogP contribution is -2.36. The molecule has 2 aromatic heterocycles. The average molecular weight is 389 g/mol. The number of benzene rings is 1. The first-order valence-corrected chi connectivity index (χ1v) is 9.69. The van der Waals surface area contributed by atoms with Crippen LogP contribution >= 0.6 is 0 Å². The van der Waals surface area contributed by atoms with Crippen molar-refractivity contribution in [3.8, 4) is 0 Å². The molecule has 3 aromatic rings. The van der Waals surface area contributed by atoms with E-state index in [1.807, 2.05) is 24.3 Å². The molecule has 8 nitrogen and oxygen atoms in total. The Bertz CT molecular complexity index is 1070. The minimum atomic E-state index is -0.436. The predicted octanol–water partition coefficient (Wildman–Crippen LogP) is 2.31. The maximum Gasteiger partial charge on any atom is 0.280 e. The van der Waals surface area contributed by atoms with Crippen molar-refractivity contribution in [3.63, 3.8) is 0 Å². The molecular formula is C21H19N5O3. The van der Waals surface area contributed by atoms with Gasteiger partial charge in [0.25, 0.3) is 11.8 Å². The van der Waals surface area contributed by atoms with E-state index in [9.17, 15) is 14.4 Å². The Morgan fingerprint density at radius 3 is 2.83 bits per heavy atom. The third-order valence-electron chi connectivity index (χ3n) is 5.58. The number of rotatable bonds is 4. The highest BCUT2D eigenvalue weighted by molar-refractivity contribution is 6.20. The van der Waals surface area contributed by atoms with Crippen molar-refractivity contribution in [2.24, 2.45) is 0 Å². The third kappa shape index (κ3) is 2.88. The fourth-order valence-corrected chi connectivity index (χ4v) is 4.15. The number of nitrogens with zero attached hydrogens (tertiary/aromatic N) is 4. The van der Waals surface area contributed by atoms with E-state index in [1.54, 1.807) is 17.0 Å². The zero-order valence-corrected chi connectivity index (χ0v) is 15.7. The fraction of sp³-hybridized carbons (Fsp3) is 0.286. The normalized spacial score (nSPS) is 18.7. The van der Waals surface area contributed by atoms with Gasteiger partial charge < -0.3 is 9.88 Å². The monoisotopic (exact) mass is 389 g/mol. The summed E-state index contributed by atoms with van der Waals surface area (Å²) in [5, 5.41) is 0. The standard InChI is InChI=1S/C21H19N5O3/c27-17(9-12-26-20(28)13-5-3-10-22-18(13)21(26)29)25-11-4-8-16(25)19-23-14-6-1-2-7-15(14)24-19/h1-3,5-7,10,16H,4,8-9,11-12H2,(H,23,24)/t16-/m0/s1. The first kappa shape index (κ1) is 17.5. The highest BCUT2D eigenvalue weighted by Crippen LogP contribution is 2.32. The number of aromatic amines is 1. The molecule has 4 heterocycles. The van der Waals surface area contributed by atoms with Crippen molar-refractivity contribution in [3.05, 3.63) is 59.7 Å². The zero-order chi connectivity index (χ0) is 20.0. The summed E-state index contributed by atoms with van der Waals surface area (Å²) in [6.45, 7) is 0.695. The van der Waals surface area contributed by atoms with Crippen LogP contribution in [-0.2, 0) is 4.79 Å². The van der Waals surface area contributed by atoms with E-state index in [1.165, 1.54) is 6.20 Å². The molecule has 1 fully saturated rings. The summed E-state index contributed by atoms with van der Waals surface area (Å²) < 4.78 is 0. The van der Waals surface area contributed by atoms with Gasteiger partial charge in [-0.2, -0.15) is 0 Å². The minimum Gasteiger partial charge on any atom is -0.340 e. The topological polar surface area (TPSA) is 99.3 Å². The number of carbonyl (C=O) groups is 3. The van der Waals surface area contributed by atoms with Crippen LogP contribution in [0.1, 0.15) is 52.0 Å². The number of pyridine rings is 1. The van der Waals surface area contributed by atoms with Gasteiger partial charge in [0.15, 0.2) is 0 Å². The molecule has 8 heteroatoms. The van der Waals surface area contributed by atoms with E-state index in [0.717, 1.165) is 34.6 Å². The van der Waals surface area contributed by atoms with Crippen LogP contribution in [0, 0.1) is 0 Å². The molecule has 0 aliphatic carbocycles. The van der Waals surface area contributed by atoms with E-state index in [4.69, 9.17) is 0 Å². The molecule has 0 spiro atoms. The van der Waals surface area contributed by atoms with Gasteiger partial charge >= 0.3 is 0 Å². The maximum atomic E-state index is 12.9. The van der Waals surface area contributed by atoms with Crippen LogP contribution in [-0.4, -0.2) is 55.6 Å². The molecule has 1 saturated heterocycles. The number of nitrogens with one attached hydrogen (secondary N) is 1. The highest BCUT2D eigenvalue weighted by atomic mass is 16.2. The second-order valence-corrected chi connectivity index (χ2v) is 7.30. The molecular weight excluding hydrogens is 370 g/mol. The van der Waals surface area contributed by atoms with E-state index in [2.05, 4.69) is 15.0 Å². The number of para-hydroxylation sites is 2. The number of fused-ring (bicyclic) bond motifs is 2. The molecule has 1 aromatic carbocycles. The average Bonchev–Trinajstić information content (AvgIpc) is 3.44. The number of carbonyl (C=O) groups excluding carboxylic acids is 3. The number of hydrogen-bond donors (Lipinski definition) is 1. The summed E-state index contributed by atoms with van der Waals surface area (Å²) in [6.07, 6.45) is 3.30. The number of likely N-dealkylation sites (tertiary alicyclic amines) is 1. The van der Waals surface area contributed by atoms with E-state index in [0.29, 0.717) is 12.1 Å². The van der Waals surface area contributed by atoms with Crippen molar-refractivity contribution in [2.75, 3.05) is 13.1 Å². The second-order valence-electron chi connectivity index (χ2n) is 7.30. The molecule has 1 N–H and O–H groups in total.